The van der Waals surface area contributed by atoms with E-state index in [9.17, 15) is 17.6 Å². The number of anilines is 1. The topological polar surface area (TPSA) is 115 Å². The molecule has 31 heavy (non-hydrogen) atoms. The van der Waals surface area contributed by atoms with Crippen molar-refractivity contribution < 1.29 is 26.9 Å². The van der Waals surface area contributed by atoms with Crippen LogP contribution < -0.4 is 4.72 Å². The fraction of sp³-hybridized carbons (Fsp3) is 0.250. The quantitative estimate of drug-likeness (QED) is 0.640. The van der Waals surface area contributed by atoms with Crippen LogP contribution in [0.2, 0.25) is 0 Å². The molecule has 0 bridgehead atoms. The van der Waals surface area contributed by atoms with Gasteiger partial charge in [0.15, 0.2) is 0 Å². The minimum absolute atomic E-state index is 0.0277. The molecule has 3 aromatic rings. The number of benzene rings is 2. The molecular weight excluding hydrogens is 427 g/mol. The number of nitrogens with zero attached hydrogens (tertiary/aromatic N) is 3. The SMILES string of the molecule is Cc1ccc(-c2noc(C(=O)N3CCOCC3)n2)cc1S(=O)(=O)Nc1cccc(F)c1. The third kappa shape index (κ3) is 4.57. The molecule has 4 rings (SSSR count). The molecule has 1 aliphatic heterocycles. The van der Waals surface area contributed by atoms with Gasteiger partial charge in [-0.05, 0) is 36.8 Å². The Bertz CT molecular complexity index is 1220. The van der Waals surface area contributed by atoms with Crippen LogP contribution >= 0.6 is 0 Å². The monoisotopic (exact) mass is 446 g/mol. The summed E-state index contributed by atoms with van der Waals surface area (Å²) in [7, 11) is -4.01. The van der Waals surface area contributed by atoms with Gasteiger partial charge in [-0.3, -0.25) is 9.52 Å². The summed E-state index contributed by atoms with van der Waals surface area (Å²) in [6.07, 6.45) is 0. The number of amides is 1. The number of rotatable bonds is 5. The van der Waals surface area contributed by atoms with Gasteiger partial charge in [0.25, 0.3) is 10.0 Å². The number of hydrogen-bond acceptors (Lipinski definition) is 7. The predicted octanol–water partition coefficient (Wildman–Crippen LogP) is 2.46. The van der Waals surface area contributed by atoms with E-state index in [1.807, 2.05) is 0 Å². The smallest absolute Gasteiger partial charge is 0.316 e. The lowest BCUT2D eigenvalue weighted by Crippen LogP contribution is -2.40. The first-order valence-electron chi connectivity index (χ1n) is 9.44. The van der Waals surface area contributed by atoms with Gasteiger partial charge in [-0.2, -0.15) is 4.98 Å². The molecule has 0 unspecified atom stereocenters. The Morgan fingerprint density at radius 3 is 2.68 bits per heavy atom. The summed E-state index contributed by atoms with van der Waals surface area (Å²) in [4.78, 5) is 18.1. The van der Waals surface area contributed by atoms with Crippen LogP contribution in [0.25, 0.3) is 11.4 Å². The van der Waals surface area contributed by atoms with Crippen molar-refractivity contribution in [1.82, 2.24) is 15.0 Å². The van der Waals surface area contributed by atoms with E-state index in [0.717, 1.165) is 6.07 Å². The second kappa shape index (κ2) is 8.44. The molecule has 0 saturated carbocycles. The van der Waals surface area contributed by atoms with Gasteiger partial charge in [-0.1, -0.05) is 23.4 Å². The van der Waals surface area contributed by atoms with E-state index in [4.69, 9.17) is 9.26 Å². The molecule has 1 aliphatic rings. The third-order valence-corrected chi connectivity index (χ3v) is 6.24. The van der Waals surface area contributed by atoms with Crippen LogP contribution in [0.3, 0.4) is 0 Å². The zero-order valence-electron chi connectivity index (χ0n) is 16.5. The molecule has 0 aliphatic carbocycles. The van der Waals surface area contributed by atoms with Crippen LogP contribution in [0.1, 0.15) is 16.2 Å². The fourth-order valence-corrected chi connectivity index (χ4v) is 4.44. The van der Waals surface area contributed by atoms with Gasteiger partial charge >= 0.3 is 11.8 Å². The molecular formula is C20H19FN4O5S. The van der Waals surface area contributed by atoms with Crippen molar-refractivity contribution in [2.24, 2.45) is 0 Å². The molecule has 1 fully saturated rings. The van der Waals surface area contributed by atoms with Crippen molar-refractivity contribution in [2.45, 2.75) is 11.8 Å². The highest BCUT2D eigenvalue weighted by atomic mass is 32.2. The maximum Gasteiger partial charge on any atom is 0.316 e. The Balaban J connectivity index is 1.61. The Morgan fingerprint density at radius 1 is 1.16 bits per heavy atom. The molecule has 1 saturated heterocycles. The van der Waals surface area contributed by atoms with Gasteiger partial charge in [-0.15, -0.1) is 0 Å². The summed E-state index contributed by atoms with van der Waals surface area (Å²) in [5.41, 5.74) is 0.929. The molecule has 1 aromatic heterocycles. The number of carbonyl (C=O) groups excluding carboxylic acids is 1. The maximum atomic E-state index is 13.4. The number of nitrogens with one attached hydrogen (secondary N) is 1. The van der Waals surface area contributed by atoms with Crippen LogP contribution in [-0.4, -0.2) is 55.7 Å². The summed E-state index contributed by atoms with van der Waals surface area (Å²) in [6, 6.07) is 9.75. The Morgan fingerprint density at radius 2 is 1.94 bits per heavy atom. The summed E-state index contributed by atoms with van der Waals surface area (Å²) in [5.74, 6) is -1.07. The van der Waals surface area contributed by atoms with Crippen molar-refractivity contribution >= 4 is 21.6 Å². The highest BCUT2D eigenvalue weighted by Crippen LogP contribution is 2.25. The zero-order chi connectivity index (χ0) is 22.0. The molecule has 0 spiro atoms. The average Bonchev–Trinajstić information content (AvgIpc) is 3.24. The number of halogens is 1. The third-order valence-electron chi connectivity index (χ3n) is 4.72. The molecule has 1 N–H and O–H groups in total. The fourth-order valence-electron chi connectivity index (χ4n) is 3.12. The van der Waals surface area contributed by atoms with Gasteiger partial charge in [0.05, 0.1) is 23.8 Å². The number of aryl methyl sites for hydroxylation is 1. The van der Waals surface area contributed by atoms with Crippen LogP contribution in [-0.2, 0) is 14.8 Å². The van der Waals surface area contributed by atoms with Crippen LogP contribution in [0.4, 0.5) is 10.1 Å². The van der Waals surface area contributed by atoms with Crippen molar-refractivity contribution in [3.63, 3.8) is 0 Å². The standard InChI is InChI=1S/C20H19FN4O5S/c1-13-5-6-14(11-17(13)31(27,28)24-16-4-2-3-15(21)12-16)18-22-19(30-23-18)20(26)25-7-9-29-10-8-25/h2-6,11-12,24H,7-10H2,1H3. The first-order chi connectivity index (χ1) is 14.8. The number of sulfonamides is 1. The highest BCUT2D eigenvalue weighted by molar-refractivity contribution is 7.92. The molecule has 2 heterocycles. The van der Waals surface area contributed by atoms with Gasteiger partial charge in [0.1, 0.15) is 5.82 Å². The Labute approximate surface area is 177 Å². The lowest BCUT2D eigenvalue weighted by atomic mass is 10.1. The first-order valence-corrected chi connectivity index (χ1v) is 10.9. The molecule has 0 radical (unpaired) electrons. The van der Waals surface area contributed by atoms with E-state index in [1.54, 1.807) is 24.0 Å². The molecule has 2 aromatic carbocycles. The normalized spacial score (nSPS) is 14.5. The predicted molar refractivity (Wildman–Crippen MR) is 108 cm³/mol. The van der Waals surface area contributed by atoms with Crippen LogP contribution in [0.5, 0.6) is 0 Å². The highest BCUT2D eigenvalue weighted by Gasteiger charge is 2.25. The van der Waals surface area contributed by atoms with Crippen molar-refractivity contribution in [3.05, 3.63) is 59.7 Å². The largest absolute Gasteiger partial charge is 0.378 e. The summed E-state index contributed by atoms with van der Waals surface area (Å²) >= 11 is 0. The van der Waals surface area contributed by atoms with Gasteiger partial charge in [-0.25, -0.2) is 12.8 Å². The number of carbonyl (C=O) groups is 1. The van der Waals surface area contributed by atoms with E-state index in [0.29, 0.717) is 37.4 Å². The van der Waals surface area contributed by atoms with E-state index < -0.39 is 21.7 Å². The van der Waals surface area contributed by atoms with Crippen molar-refractivity contribution in [3.8, 4) is 11.4 Å². The zero-order valence-corrected chi connectivity index (χ0v) is 17.4. The molecule has 162 valence electrons. The van der Waals surface area contributed by atoms with Crippen molar-refractivity contribution in [2.75, 3.05) is 31.0 Å². The van der Waals surface area contributed by atoms with E-state index in [2.05, 4.69) is 14.9 Å². The second-order valence-corrected chi connectivity index (χ2v) is 8.57. The number of hydrogen-bond donors (Lipinski definition) is 1. The Kier molecular flexibility index (Phi) is 5.70. The van der Waals surface area contributed by atoms with E-state index in [-0.39, 0.29) is 22.3 Å². The lowest BCUT2D eigenvalue weighted by Gasteiger charge is -2.25. The van der Waals surface area contributed by atoms with Crippen molar-refractivity contribution in [1.29, 1.82) is 0 Å². The van der Waals surface area contributed by atoms with Gasteiger partial charge in [0.2, 0.25) is 5.82 Å². The van der Waals surface area contributed by atoms with E-state index in [1.165, 1.54) is 24.3 Å². The van der Waals surface area contributed by atoms with Gasteiger partial charge in [0, 0.05) is 18.7 Å². The Hall–Kier alpha value is -3.31. The summed E-state index contributed by atoms with van der Waals surface area (Å²) < 4.78 is 51.8. The second-order valence-electron chi connectivity index (χ2n) is 6.92. The average molecular weight is 446 g/mol. The maximum absolute atomic E-state index is 13.4. The minimum atomic E-state index is -4.01. The lowest BCUT2D eigenvalue weighted by molar-refractivity contribution is 0.0272. The van der Waals surface area contributed by atoms with E-state index >= 15 is 0 Å². The molecule has 11 heteroatoms. The van der Waals surface area contributed by atoms with Crippen LogP contribution in [0, 0.1) is 12.7 Å². The number of morpholine rings is 1. The van der Waals surface area contributed by atoms with Crippen LogP contribution in [0.15, 0.2) is 51.9 Å². The molecule has 9 nitrogen and oxygen atoms in total. The van der Waals surface area contributed by atoms with Gasteiger partial charge < -0.3 is 14.2 Å². The number of aromatic nitrogens is 2. The summed E-state index contributed by atoms with van der Waals surface area (Å²) in [5, 5.41) is 3.82. The first kappa shape index (κ1) is 20.9. The minimum Gasteiger partial charge on any atom is -0.378 e. The molecule has 0 atom stereocenters. The number of ether oxygens (including phenoxy) is 1. The molecule has 1 amide bonds. The summed E-state index contributed by atoms with van der Waals surface area (Å²) in [6.45, 7) is 3.35.